The summed E-state index contributed by atoms with van der Waals surface area (Å²) in [5, 5.41) is 2.59. The predicted octanol–water partition coefficient (Wildman–Crippen LogP) is 2.95. The highest BCUT2D eigenvalue weighted by Crippen LogP contribution is 2.15. The van der Waals surface area contributed by atoms with Gasteiger partial charge in [-0.15, -0.1) is 0 Å². The Morgan fingerprint density at radius 1 is 1.00 bits per heavy atom. The lowest BCUT2D eigenvalue weighted by molar-refractivity contribution is 0.102. The van der Waals surface area contributed by atoms with Crippen LogP contribution in [0.1, 0.15) is 15.9 Å². The Labute approximate surface area is 156 Å². The fraction of sp³-hybridized carbons (Fsp3) is 0.0526. The van der Waals surface area contributed by atoms with Crippen LogP contribution in [0.4, 0.5) is 10.1 Å². The zero-order valence-corrected chi connectivity index (χ0v) is 14.9. The molecule has 0 aliphatic carbocycles. The zero-order valence-electron chi connectivity index (χ0n) is 14.1. The first kappa shape index (κ1) is 18.7. The topological polar surface area (TPSA) is 88.2 Å². The number of aromatic nitrogens is 1. The van der Waals surface area contributed by atoms with Crippen LogP contribution in [-0.2, 0) is 16.6 Å². The second-order valence-electron chi connectivity index (χ2n) is 5.67. The molecular weight excluding hydrogens is 369 g/mol. The van der Waals surface area contributed by atoms with E-state index >= 15 is 0 Å². The van der Waals surface area contributed by atoms with Crippen molar-refractivity contribution < 1.29 is 17.6 Å². The molecule has 6 nitrogen and oxygen atoms in total. The molecule has 2 aromatic carbocycles. The van der Waals surface area contributed by atoms with Gasteiger partial charge in [-0.3, -0.25) is 9.78 Å². The van der Waals surface area contributed by atoms with Gasteiger partial charge in [-0.05, 0) is 60.2 Å². The van der Waals surface area contributed by atoms with Crippen LogP contribution < -0.4 is 10.0 Å². The Morgan fingerprint density at radius 3 is 2.41 bits per heavy atom. The normalized spacial score (nSPS) is 11.1. The van der Waals surface area contributed by atoms with Crippen molar-refractivity contribution in [3.63, 3.8) is 0 Å². The number of pyridine rings is 1. The number of benzene rings is 2. The molecule has 0 aliphatic heterocycles. The van der Waals surface area contributed by atoms with E-state index in [2.05, 4.69) is 15.0 Å². The highest BCUT2D eigenvalue weighted by atomic mass is 32.2. The summed E-state index contributed by atoms with van der Waals surface area (Å²) < 4.78 is 40.4. The molecule has 1 aromatic heterocycles. The van der Waals surface area contributed by atoms with E-state index < -0.39 is 21.7 Å². The van der Waals surface area contributed by atoms with Crippen LogP contribution in [0.5, 0.6) is 0 Å². The molecule has 3 rings (SSSR count). The third-order valence-electron chi connectivity index (χ3n) is 3.72. The number of sulfonamides is 1. The molecule has 2 N–H and O–H groups in total. The Hall–Kier alpha value is -3.10. The molecule has 0 bridgehead atoms. The minimum Gasteiger partial charge on any atom is -0.322 e. The monoisotopic (exact) mass is 385 g/mol. The van der Waals surface area contributed by atoms with Crippen LogP contribution in [0, 0.1) is 5.82 Å². The van der Waals surface area contributed by atoms with Gasteiger partial charge in [-0.1, -0.05) is 6.07 Å². The highest BCUT2D eigenvalue weighted by molar-refractivity contribution is 7.89. The average Bonchev–Trinajstić information content (AvgIpc) is 2.69. The number of carbonyl (C=O) groups is 1. The first-order valence-electron chi connectivity index (χ1n) is 7.99. The summed E-state index contributed by atoms with van der Waals surface area (Å²) in [7, 11) is -3.79. The van der Waals surface area contributed by atoms with E-state index in [4.69, 9.17) is 0 Å². The summed E-state index contributed by atoms with van der Waals surface area (Å²) >= 11 is 0. The molecule has 1 heterocycles. The van der Waals surface area contributed by atoms with Crippen LogP contribution in [0.2, 0.25) is 0 Å². The predicted molar refractivity (Wildman–Crippen MR) is 99.1 cm³/mol. The van der Waals surface area contributed by atoms with E-state index in [0.29, 0.717) is 5.69 Å². The molecule has 0 atom stereocenters. The summed E-state index contributed by atoms with van der Waals surface area (Å²) in [6.07, 6.45) is 3.15. The fourth-order valence-electron chi connectivity index (χ4n) is 2.30. The van der Waals surface area contributed by atoms with E-state index in [1.165, 1.54) is 48.5 Å². The van der Waals surface area contributed by atoms with Crippen molar-refractivity contribution >= 4 is 21.6 Å². The largest absolute Gasteiger partial charge is 0.322 e. The number of nitrogens with one attached hydrogen (secondary N) is 2. The summed E-state index contributed by atoms with van der Waals surface area (Å²) in [6, 6.07) is 14.4. The van der Waals surface area contributed by atoms with Crippen molar-refractivity contribution in [3.05, 3.63) is 90.0 Å². The second-order valence-corrected chi connectivity index (χ2v) is 7.44. The number of amides is 1. The number of rotatable bonds is 6. The van der Waals surface area contributed by atoms with Gasteiger partial charge in [-0.25, -0.2) is 17.5 Å². The minimum atomic E-state index is -3.79. The maximum absolute atomic E-state index is 12.9. The lowest BCUT2D eigenvalue weighted by atomic mass is 10.2. The van der Waals surface area contributed by atoms with Crippen LogP contribution in [0.3, 0.4) is 0 Å². The smallest absolute Gasteiger partial charge is 0.255 e. The quantitative estimate of drug-likeness (QED) is 0.683. The van der Waals surface area contributed by atoms with Gasteiger partial charge in [0.1, 0.15) is 5.82 Å². The van der Waals surface area contributed by atoms with Gasteiger partial charge in [0.05, 0.1) is 4.90 Å². The van der Waals surface area contributed by atoms with E-state index in [0.717, 1.165) is 5.56 Å². The molecule has 138 valence electrons. The molecule has 3 aromatic rings. The van der Waals surface area contributed by atoms with Gasteiger partial charge in [0.15, 0.2) is 0 Å². The molecule has 27 heavy (non-hydrogen) atoms. The molecule has 0 spiro atoms. The van der Waals surface area contributed by atoms with Crippen molar-refractivity contribution in [2.75, 3.05) is 5.32 Å². The number of hydrogen-bond acceptors (Lipinski definition) is 4. The molecule has 0 fully saturated rings. The number of halogens is 1. The number of nitrogens with zero attached hydrogens (tertiary/aromatic N) is 1. The lowest BCUT2D eigenvalue weighted by Crippen LogP contribution is -2.23. The van der Waals surface area contributed by atoms with Gasteiger partial charge >= 0.3 is 0 Å². The van der Waals surface area contributed by atoms with Crippen LogP contribution in [-0.4, -0.2) is 19.3 Å². The van der Waals surface area contributed by atoms with Crippen molar-refractivity contribution in [2.24, 2.45) is 0 Å². The molecule has 8 heteroatoms. The summed E-state index contributed by atoms with van der Waals surface area (Å²) in [6.45, 7) is 0.108. The number of hydrogen-bond donors (Lipinski definition) is 2. The van der Waals surface area contributed by atoms with Crippen molar-refractivity contribution in [1.29, 1.82) is 0 Å². The minimum absolute atomic E-state index is 0.0247. The van der Waals surface area contributed by atoms with E-state index in [-0.39, 0.29) is 17.0 Å². The zero-order chi connectivity index (χ0) is 19.3. The molecular formula is C19H16FN3O3S. The Kier molecular flexibility index (Phi) is 5.58. The fourth-order valence-corrected chi connectivity index (χ4v) is 3.37. The van der Waals surface area contributed by atoms with Gasteiger partial charge in [0, 0.05) is 30.2 Å². The molecule has 0 saturated heterocycles. The van der Waals surface area contributed by atoms with Crippen LogP contribution in [0.15, 0.2) is 78.0 Å². The van der Waals surface area contributed by atoms with Crippen LogP contribution in [0.25, 0.3) is 0 Å². The Morgan fingerprint density at radius 2 is 1.70 bits per heavy atom. The van der Waals surface area contributed by atoms with Crippen molar-refractivity contribution in [3.8, 4) is 0 Å². The molecule has 1 amide bonds. The number of carbonyl (C=O) groups excluding carboxylic acids is 1. The lowest BCUT2D eigenvalue weighted by Gasteiger charge is -2.09. The maximum Gasteiger partial charge on any atom is 0.255 e. The van der Waals surface area contributed by atoms with Gasteiger partial charge < -0.3 is 5.32 Å². The number of anilines is 1. The standard InChI is InChI=1S/C19H16FN3O3S/c20-16-4-6-17(7-5-16)23-19(24)15-2-1-3-18(12-15)27(25,26)22-13-14-8-10-21-11-9-14/h1-12,22H,13H2,(H,23,24). The maximum atomic E-state index is 12.9. The van der Waals surface area contributed by atoms with Crippen molar-refractivity contribution in [2.45, 2.75) is 11.4 Å². The first-order valence-corrected chi connectivity index (χ1v) is 9.48. The van der Waals surface area contributed by atoms with E-state index in [9.17, 15) is 17.6 Å². The summed E-state index contributed by atoms with van der Waals surface area (Å²) in [4.78, 5) is 16.2. The van der Waals surface area contributed by atoms with E-state index in [1.807, 2.05) is 0 Å². The molecule has 0 unspecified atom stereocenters. The van der Waals surface area contributed by atoms with Crippen LogP contribution >= 0.6 is 0 Å². The first-order chi connectivity index (χ1) is 12.9. The third-order valence-corrected chi connectivity index (χ3v) is 5.12. The van der Waals surface area contributed by atoms with Gasteiger partial charge in [-0.2, -0.15) is 0 Å². The second kappa shape index (κ2) is 8.07. The summed E-state index contributed by atoms with van der Waals surface area (Å²) in [5.41, 5.74) is 1.34. The summed E-state index contributed by atoms with van der Waals surface area (Å²) in [5.74, 6) is -0.908. The Bertz CT molecular complexity index is 1040. The highest BCUT2D eigenvalue weighted by Gasteiger charge is 2.16. The molecule has 0 radical (unpaired) electrons. The van der Waals surface area contributed by atoms with E-state index in [1.54, 1.807) is 24.5 Å². The Balaban J connectivity index is 1.73. The van der Waals surface area contributed by atoms with Gasteiger partial charge in [0.25, 0.3) is 5.91 Å². The SMILES string of the molecule is O=C(Nc1ccc(F)cc1)c1cccc(S(=O)(=O)NCc2ccncc2)c1. The van der Waals surface area contributed by atoms with Crippen molar-refractivity contribution in [1.82, 2.24) is 9.71 Å². The van der Waals surface area contributed by atoms with Gasteiger partial charge in [0.2, 0.25) is 10.0 Å². The average molecular weight is 385 g/mol. The third kappa shape index (κ3) is 4.96. The molecule has 0 saturated carbocycles. The molecule has 0 aliphatic rings.